The fourth-order valence-corrected chi connectivity index (χ4v) is 4.11. The molecule has 1 aromatic heterocycles. The van der Waals surface area contributed by atoms with Crippen LogP contribution in [0.15, 0.2) is 45.8 Å². The van der Waals surface area contributed by atoms with E-state index in [0.717, 1.165) is 16.8 Å². The van der Waals surface area contributed by atoms with Gasteiger partial charge in [0, 0.05) is 24.3 Å². The first kappa shape index (κ1) is 21.7. The topological polar surface area (TPSA) is 76.6 Å². The molecule has 1 aliphatic rings. The normalized spacial score (nSPS) is 16.0. The van der Waals surface area contributed by atoms with E-state index < -0.39 is 0 Å². The van der Waals surface area contributed by atoms with Gasteiger partial charge in [0.05, 0.1) is 30.8 Å². The summed E-state index contributed by atoms with van der Waals surface area (Å²) in [7, 11) is 3.07. The molecule has 0 spiro atoms. The Morgan fingerprint density at radius 1 is 1.12 bits per heavy atom. The standard InChI is InChI=1S/C25H26FN3O3/c1-13-6-15(3)24(26)17(7-13)19-8-14(2)16(12-27-19)9-23-28-20-11-22(32-5)21(31-4)10-18(20)25(30)29-23/h6-7,10-12,14H,8-9H2,1-5H3,(H,28,29,30). The van der Waals surface area contributed by atoms with E-state index in [9.17, 15) is 9.18 Å². The van der Waals surface area contributed by atoms with Crippen molar-refractivity contribution in [2.24, 2.45) is 10.9 Å². The number of aliphatic imine (C=N–C) groups is 1. The minimum absolute atomic E-state index is 0.133. The predicted molar refractivity (Wildman–Crippen MR) is 123 cm³/mol. The Hall–Kier alpha value is -3.48. The number of allylic oxidation sites excluding steroid dienone is 1. The van der Waals surface area contributed by atoms with E-state index in [1.165, 1.54) is 7.11 Å². The van der Waals surface area contributed by atoms with E-state index >= 15 is 0 Å². The maximum absolute atomic E-state index is 14.7. The molecule has 0 amide bonds. The second kappa shape index (κ2) is 8.57. The molecule has 0 bridgehead atoms. The van der Waals surface area contributed by atoms with Gasteiger partial charge in [0.25, 0.3) is 5.56 Å². The van der Waals surface area contributed by atoms with Crippen molar-refractivity contribution >= 4 is 16.6 Å². The largest absolute Gasteiger partial charge is 0.493 e. The summed E-state index contributed by atoms with van der Waals surface area (Å²) in [6.07, 6.45) is 2.85. The Balaban J connectivity index is 1.68. The molecule has 1 N–H and O–H groups in total. The van der Waals surface area contributed by atoms with Gasteiger partial charge in [-0.25, -0.2) is 9.37 Å². The number of nitrogens with zero attached hydrogens (tertiary/aromatic N) is 2. The van der Waals surface area contributed by atoms with Crippen LogP contribution in [0.1, 0.15) is 35.9 Å². The molecule has 32 heavy (non-hydrogen) atoms. The zero-order valence-corrected chi connectivity index (χ0v) is 18.9. The number of hydrogen-bond donors (Lipinski definition) is 1. The molecular formula is C25H26FN3O3. The van der Waals surface area contributed by atoms with Crippen LogP contribution >= 0.6 is 0 Å². The van der Waals surface area contributed by atoms with Gasteiger partial charge < -0.3 is 14.5 Å². The molecule has 0 radical (unpaired) electrons. The Bertz CT molecular complexity index is 1320. The number of aryl methyl sites for hydroxylation is 2. The highest BCUT2D eigenvalue weighted by Crippen LogP contribution is 2.31. The van der Waals surface area contributed by atoms with Crippen molar-refractivity contribution in [3.63, 3.8) is 0 Å². The lowest BCUT2D eigenvalue weighted by Gasteiger charge is -2.21. The van der Waals surface area contributed by atoms with Crippen LogP contribution in [0.25, 0.3) is 10.9 Å². The minimum atomic E-state index is -0.239. The molecule has 2 aromatic carbocycles. The lowest BCUT2D eigenvalue weighted by Crippen LogP contribution is -2.18. The quantitative estimate of drug-likeness (QED) is 0.633. The second-order valence-electron chi connectivity index (χ2n) is 8.24. The van der Waals surface area contributed by atoms with Crippen molar-refractivity contribution in [3.8, 4) is 11.5 Å². The van der Waals surface area contributed by atoms with Crippen LogP contribution in [0.2, 0.25) is 0 Å². The molecule has 1 atom stereocenters. The van der Waals surface area contributed by atoms with Crippen LogP contribution in [0.4, 0.5) is 4.39 Å². The summed E-state index contributed by atoms with van der Waals surface area (Å²) in [5.74, 6) is 1.45. The van der Waals surface area contributed by atoms with Crippen LogP contribution in [0.3, 0.4) is 0 Å². The minimum Gasteiger partial charge on any atom is -0.493 e. The zero-order valence-electron chi connectivity index (χ0n) is 18.9. The Labute approximate surface area is 185 Å². The van der Waals surface area contributed by atoms with Crippen LogP contribution in [-0.2, 0) is 6.42 Å². The third-order valence-electron chi connectivity index (χ3n) is 5.86. The molecule has 1 aliphatic heterocycles. The van der Waals surface area contributed by atoms with E-state index in [1.807, 2.05) is 19.1 Å². The van der Waals surface area contributed by atoms with Gasteiger partial charge in [-0.15, -0.1) is 0 Å². The molecule has 0 aliphatic carbocycles. The maximum Gasteiger partial charge on any atom is 0.258 e. The van der Waals surface area contributed by atoms with Gasteiger partial charge in [0.15, 0.2) is 11.5 Å². The third-order valence-corrected chi connectivity index (χ3v) is 5.86. The fourth-order valence-electron chi connectivity index (χ4n) is 4.11. The number of hydrogen-bond acceptors (Lipinski definition) is 5. The molecule has 1 unspecified atom stereocenters. The first-order valence-electron chi connectivity index (χ1n) is 10.5. The third kappa shape index (κ3) is 4.02. The number of H-pyrrole nitrogens is 1. The molecule has 0 saturated heterocycles. The van der Waals surface area contributed by atoms with Gasteiger partial charge in [0.1, 0.15) is 11.6 Å². The molecule has 0 saturated carbocycles. The van der Waals surface area contributed by atoms with Gasteiger partial charge in [-0.05, 0) is 55.0 Å². The predicted octanol–water partition coefficient (Wildman–Crippen LogP) is 4.65. The highest BCUT2D eigenvalue weighted by molar-refractivity contribution is 6.02. The number of ether oxygens (including phenoxy) is 2. The van der Waals surface area contributed by atoms with Crippen LogP contribution < -0.4 is 15.0 Å². The molecule has 7 heteroatoms. The average Bonchev–Trinajstić information content (AvgIpc) is 2.76. The van der Waals surface area contributed by atoms with Crippen molar-refractivity contribution in [2.45, 2.75) is 33.6 Å². The molecule has 166 valence electrons. The van der Waals surface area contributed by atoms with Crippen molar-refractivity contribution in [2.75, 3.05) is 14.2 Å². The number of nitrogens with one attached hydrogen (secondary N) is 1. The lowest BCUT2D eigenvalue weighted by atomic mass is 9.88. The summed E-state index contributed by atoms with van der Waals surface area (Å²) < 4.78 is 25.3. The highest BCUT2D eigenvalue weighted by Gasteiger charge is 2.22. The van der Waals surface area contributed by atoms with Gasteiger partial charge >= 0.3 is 0 Å². The van der Waals surface area contributed by atoms with Crippen molar-refractivity contribution in [1.29, 1.82) is 0 Å². The zero-order chi connectivity index (χ0) is 23.0. The van der Waals surface area contributed by atoms with Crippen LogP contribution in [-0.4, -0.2) is 29.9 Å². The molecule has 3 aromatic rings. The van der Waals surface area contributed by atoms with E-state index in [0.29, 0.717) is 52.2 Å². The number of rotatable bonds is 5. The summed E-state index contributed by atoms with van der Waals surface area (Å²) >= 11 is 0. The smallest absolute Gasteiger partial charge is 0.258 e. The van der Waals surface area contributed by atoms with Crippen LogP contribution in [0, 0.1) is 25.6 Å². The number of aromatic amines is 1. The van der Waals surface area contributed by atoms with Crippen LogP contribution in [0.5, 0.6) is 11.5 Å². The molecule has 6 nitrogen and oxygen atoms in total. The highest BCUT2D eigenvalue weighted by atomic mass is 19.1. The van der Waals surface area contributed by atoms with E-state index in [1.54, 1.807) is 32.4 Å². The summed E-state index contributed by atoms with van der Waals surface area (Å²) in [5.41, 5.74) is 4.25. The number of halogens is 1. The molecular weight excluding hydrogens is 409 g/mol. The number of fused-ring (bicyclic) bond motifs is 1. The van der Waals surface area contributed by atoms with Crippen molar-refractivity contribution in [1.82, 2.24) is 9.97 Å². The monoisotopic (exact) mass is 435 g/mol. The number of methoxy groups -OCH3 is 2. The molecule has 4 rings (SSSR count). The summed E-state index contributed by atoms with van der Waals surface area (Å²) in [6.45, 7) is 5.80. The van der Waals surface area contributed by atoms with Gasteiger partial charge in [-0.1, -0.05) is 13.0 Å². The second-order valence-corrected chi connectivity index (χ2v) is 8.24. The Kier molecular flexibility index (Phi) is 5.82. The Morgan fingerprint density at radius 3 is 2.53 bits per heavy atom. The van der Waals surface area contributed by atoms with E-state index in [2.05, 4.69) is 21.9 Å². The fraction of sp³-hybridized carbons (Fsp3) is 0.320. The first-order valence-corrected chi connectivity index (χ1v) is 10.5. The van der Waals surface area contributed by atoms with Gasteiger partial charge in [-0.2, -0.15) is 0 Å². The maximum atomic E-state index is 14.7. The molecule has 0 fully saturated rings. The first-order chi connectivity index (χ1) is 15.3. The lowest BCUT2D eigenvalue weighted by molar-refractivity contribution is 0.355. The average molecular weight is 435 g/mol. The van der Waals surface area contributed by atoms with Crippen molar-refractivity contribution < 1.29 is 13.9 Å². The summed E-state index contributed by atoms with van der Waals surface area (Å²) in [6, 6.07) is 7.00. The SMILES string of the molecule is COc1cc2nc(CC3=CN=C(c4cc(C)cc(C)c4F)CC3C)[nH]c(=O)c2cc1OC. The van der Waals surface area contributed by atoms with E-state index in [-0.39, 0.29) is 17.3 Å². The van der Waals surface area contributed by atoms with Gasteiger partial charge in [-0.3, -0.25) is 9.79 Å². The van der Waals surface area contributed by atoms with Gasteiger partial charge in [0.2, 0.25) is 0 Å². The Morgan fingerprint density at radius 2 is 1.84 bits per heavy atom. The summed E-state index contributed by atoms with van der Waals surface area (Å²) in [5, 5.41) is 0.433. The van der Waals surface area contributed by atoms with Crippen molar-refractivity contribution in [3.05, 3.63) is 74.7 Å². The van der Waals surface area contributed by atoms with E-state index in [4.69, 9.17) is 9.47 Å². The molecule has 2 heterocycles. The number of benzene rings is 2. The number of aromatic nitrogens is 2. The summed E-state index contributed by atoms with van der Waals surface area (Å²) in [4.78, 5) is 24.7.